The van der Waals surface area contributed by atoms with Crippen molar-refractivity contribution < 1.29 is 17.9 Å². The second-order valence-electron chi connectivity index (χ2n) is 7.34. The van der Waals surface area contributed by atoms with Gasteiger partial charge in [0.2, 0.25) is 10.0 Å². The molecule has 0 radical (unpaired) electrons. The van der Waals surface area contributed by atoms with Crippen molar-refractivity contribution in [3.8, 4) is 16.9 Å². The molecule has 3 rings (SSSR count). The third-order valence-electron chi connectivity index (χ3n) is 5.13. The molecule has 2 aromatic rings. The summed E-state index contributed by atoms with van der Waals surface area (Å²) in [5.41, 5.74) is 3.26. The molecule has 1 saturated heterocycles. The topological polar surface area (TPSA) is 64.6 Å². The van der Waals surface area contributed by atoms with Gasteiger partial charge in [0, 0.05) is 18.1 Å². The number of rotatable bonds is 7. The zero-order valence-corrected chi connectivity index (χ0v) is 17.5. The summed E-state index contributed by atoms with van der Waals surface area (Å²) >= 11 is 0. The van der Waals surface area contributed by atoms with E-state index in [0.717, 1.165) is 28.9 Å². The molecule has 6 heteroatoms. The maximum Gasteiger partial charge on any atom is 0.214 e. The first-order valence-corrected chi connectivity index (χ1v) is 11.4. The third kappa shape index (κ3) is 4.74. The van der Waals surface area contributed by atoms with E-state index in [0.29, 0.717) is 19.8 Å². The van der Waals surface area contributed by atoms with E-state index in [4.69, 9.17) is 9.47 Å². The van der Waals surface area contributed by atoms with Crippen LogP contribution in [0.5, 0.6) is 5.75 Å². The standard InChI is InChI=1S/C22H29NO4S/c1-4-27-22-8-6-5-7-20(22)18-11-9-17(10-12-18)19-13-14-26-15-21(19)23-28(24,25)16(2)3/h5-12,16,19,21,23H,4,13-15H2,1-3H3. The zero-order chi connectivity index (χ0) is 20.1. The molecule has 152 valence electrons. The summed E-state index contributed by atoms with van der Waals surface area (Å²) < 4.78 is 38.8. The molecule has 1 fully saturated rings. The number of para-hydroxylation sites is 1. The van der Waals surface area contributed by atoms with Gasteiger partial charge in [0.15, 0.2) is 0 Å². The predicted molar refractivity (Wildman–Crippen MR) is 112 cm³/mol. The Morgan fingerprint density at radius 3 is 2.54 bits per heavy atom. The SMILES string of the molecule is CCOc1ccccc1-c1ccc(C2CCOCC2NS(=O)(=O)C(C)C)cc1. The molecule has 1 aliphatic rings. The van der Waals surface area contributed by atoms with Crippen LogP contribution in [0.3, 0.4) is 0 Å². The molecule has 28 heavy (non-hydrogen) atoms. The Morgan fingerprint density at radius 2 is 1.86 bits per heavy atom. The zero-order valence-electron chi connectivity index (χ0n) is 16.7. The van der Waals surface area contributed by atoms with Gasteiger partial charge in [-0.2, -0.15) is 0 Å². The van der Waals surface area contributed by atoms with E-state index in [9.17, 15) is 8.42 Å². The van der Waals surface area contributed by atoms with Crippen molar-refractivity contribution in [3.05, 3.63) is 54.1 Å². The lowest BCUT2D eigenvalue weighted by Gasteiger charge is -2.33. The summed E-state index contributed by atoms with van der Waals surface area (Å²) in [5.74, 6) is 0.963. The van der Waals surface area contributed by atoms with Crippen molar-refractivity contribution in [2.24, 2.45) is 0 Å². The van der Waals surface area contributed by atoms with E-state index in [-0.39, 0.29) is 12.0 Å². The Morgan fingerprint density at radius 1 is 1.14 bits per heavy atom. The van der Waals surface area contributed by atoms with Crippen LogP contribution in [0.25, 0.3) is 11.1 Å². The minimum absolute atomic E-state index is 0.0958. The summed E-state index contributed by atoms with van der Waals surface area (Å²) in [7, 11) is -3.35. The fourth-order valence-corrected chi connectivity index (χ4v) is 4.42. The third-order valence-corrected chi connectivity index (χ3v) is 7.00. The number of hydrogen-bond donors (Lipinski definition) is 1. The highest BCUT2D eigenvalue weighted by molar-refractivity contribution is 7.90. The van der Waals surface area contributed by atoms with Crippen LogP contribution in [0, 0.1) is 0 Å². The molecule has 2 aromatic carbocycles. The van der Waals surface area contributed by atoms with Gasteiger partial charge in [0.1, 0.15) is 5.75 Å². The van der Waals surface area contributed by atoms with Gasteiger partial charge in [-0.15, -0.1) is 0 Å². The van der Waals surface area contributed by atoms with Crippen LogP contribution in [-0.2, 0) is 14.8 Å². The van der Waals surface area contributed by atoms with Gasteiger partial charge in [-0.05, 0) is 44.4 Å². The Balaban J connectivity index is 1.83. The monoisotopic (exact) mass is 403 g/mol. The number of sulfonamides is 1. The van der Waals surface area contributed by atoms with Crippen molar-refractivity contribution in [3.63, 3.8) is 0 Å². The van der Waals surface area contributed by atoms with Crippen LogP contribution >= 0.6 is 0 Å². The van der Waals surface area contributed by atoms with Crippen molar-refractivity contribution in [1.82, 2.24) is 4.72 Å². The van der Waals surface area contributed by atoms with Gasteiger partial charge in [-0.25, -0.2) is 13.1 Å². The van der Waals surface area contributed by atoms with Crippen molar-refractivity contribution in [1.29, 1.82) is 0 Å². The van der Waals surface area contributed by atoms with Crippen LogP contribution in [0.4, 0.5) is 0 Å². The highest BCUT2D eigenvalue weighted by Crippen LogP contribution is 2.33. The summed E-state index contributed by atoms with van der Waals surface area (Å²) in [4.78, 5) is 0. The summed E-state index contributed by atoms with van der Waals surface area (Å²) in [6.45, 7) is 7.00. The quantitative estimate of drug-likeness (QED) is 0.760. The average molecular weight is 404 g/mol. The molecule has 1 heterocycles. The minimum atomic E-state index is -3.35. The second kappa shape index (κ2) is 9.07. The van der Waals surface area contributed by atoms with Crippen LogP contribution in [0.1, 0.15) is 38.7 Å². The molecule has 5 nitrogen and oxygen atoms in total. The molecule has 0 bridgehead atoms. The number of nitrogens with one attached hydrogen (secondary N) is 1. The van der Waals surface area contributed by atoms with Crippen molar-refractivity contribution in [2.45, 2.75) is 44.4 Å². The van der Waals surface area contributed by atoms with E-state index in [1.165, 1.54) is 0 Å². The highest BCUT2D eigenvalue weighted by atomic mass is 32.2. The number of hydrogen-bond acceptors (Lipinski definition) is 4. The molecule has 0 aliphatic carbocycles. The van der Waals surface area contributed by atoms with Crippen molar-refractivity contribution >= 4 is 10.0 Å². The Bertz CT molecular complexity index is 878. The lowest BCUT2D eigenvalue weighted by molar-refractivity contribution is 0.0644. The summed E-state index contributed by atoms with van der Waals surface area (Å²) in [5, 5.41) is -0.465. The highest BCUT2D eigenvalue weighted by Gasteiger charge is 2.31. The Hall–Kier alpha value is -1.89. The summed E-state index contributed by atoms with van der Waals surface area (Å²) in [6, 6.07) is 16.1. The van der Waals surface area contributed by atoms with Crippen LogP contribution < -0.4 is 9.46 Å². The largest absolute Gasteiger partial charge is 0.493 e. The normalized spacial score (nSPS) is 20.3. The van der Waals surface area contributed by atoms with Gasteiger partial charge in [0.05, 0.1) is 24.5 Å². The average Bonchev–Trinajstić information content (AvgIpc) is 2.69. The molecule has 0 saturated carbocycles. The fourth-order valence-electron chi connectivity index (χ4n) is 3.50. The van der Waals surface area contributed by atoms with Gasteiger partial charge < -0.3 is 9.47 Å². The number of ether oxygens (including phenoxy) is 2. The second-order valence-corrected chi connectivity index (χ2v) is 9.61. The molecule has 0 amide bonds. The van der Waals surface area contributed by atoms with E-state index in [1.54, 1.807) is 13.8 Å². The molecule has 0 spiro atoms. The van der Waals surface area contributed by atoms with Gasteiger partial charge >= 0.3 is 0 Å². The van der Waals surface area contributed by atoms with Gasteiger partial charge in [-0.1, -0.05) is 42.5 Å². The molecule has 2 unspecified atom stereocenters. The molecular weight excluding hydrogens is 374 g/mol. The van der Waals surface area contributed by atoms with Crippen LogP contribution in [0.15, 0.2) is 48.5 Å². The maximum absolute atomic E-state index is 12.3. The van der Waals surface area contributed by atoms with Crippen LogP contribution in [0.2, 0.25) is 0 Å². The van der Waals surface area contributed by atoms with E-state index < -0.39 is 15.3 Å². The Labute approximate surface area is 168 Å². The summed E-state index contributed by atoms with van der Waals surface area (Å²) in [6.07, 6.45) is 0.792. The van der Waals surface area contributed by atoms with Gasteiger partial charge in [-0.3, -0.25) is 0 Å². The fraction of sp³-hybridized carbons (Fsp3) is 0.455. The first-order valence-electron chi connectivity index (χ1n) is 9.83. The number of benzene rings is 2. The van der Waals surface area contributed by atoms with E-state index >= 15 is 0 Å². The lowest BCUT2D eigenvalue weighted by atomic mass is 9.87. The first-order chi connectivity index (χ1) is 13.4. The smallest absolute Gasteiger partial charge is 0.214 e. The van der Waals surface area contributed by atoms with Gasteiger partial charge in [0.25, 0.3) is 0 Å². The Kier molecular flexibility index (Phi) is 6.75. The van der Waals surface area contributed by atoms with E-state index in [1.807, 2.05) is 31.2 Å². The van der Waals surface area contributed by atoms with E-state index in [2.05, 4.69) is 29.0 Å². The molecule has 1 aliphatic heterocycles. The predicted octanol–water partition coefficient (Wildman–Crippen LogP) is 3.95. The molecule has 2 atom stereocenters. The molecule has 0 aromatic heterocycles. The molecule has 1 N–H and O–H groups in total. The lowest BCUT2D eigenvalue weighted by Crippen LogP contribution is -2.47. The molecular formula is C22H29NO4S. The minimum Gasteiger partial charge on any atom is -0.493 e. The first kappa shape index (κ1) is 20.8. The van der Waals surface area contributed by atoms with Crippen molar-refractivity contribution in [2.75, 3.05) is 19.8 Å². The maximum atomic E-state index is 12.3. The van der Waals surface area contributed by atoms with Crippen LogP contribution in [-0.4, -0.2) is 39.5 Å².